The van der Waals surface area contributed by atoms with Crippen molar-refractivity contribution in [2.45, 2.75) is 38.3 Å². The van der Waals surface area contributed by atoms with E-state index in [-0.39, 0.29) is 36.1 Å². The summed E-state index contributed by atoms with van der Waals surface area (Å²) in [5, 5.41) is 25.3. The fourth-order valence-corrected chi connectivity index (χ4v) is 4.13. The van der Waals surface area contributed by atoms with Crippen molar-refractivity contribution < 1.29 is 24.2 Å². The van der Waals surface area contributed by atoms with E-state index in [4.69, 9.17) is 16.7 Å². The highest BCUT2D eigenvalue weighted by Gasteiger charge is 2.21. The third-order valence-electron chi connectivity index (χ3n) is 5.80. The standard InChI is InChI=1S/C25H28ClFN4O4/c1-31(24(33)29-15-18-8-9-19(27)12-22(18)26)20(7-2-3-10-32)11-16-5-4-6-17-14-28-23(13-21(16)17)30-25(34)35/h4-6,8-9,12-14,20,32H,2-3,7,10-11,15H2,1H3,(H,28,30)(H,29,33)(H,34,35). The summed E-state index contributed by atoms with van der Waals surface area (Å²) in [6, 6.07) is 10.9. The zero-order valence-electron chi connectivity index (χ0n) is 19.3. The van der Waals surface area contributed by atoms with Gasteiger partial charge in [0.1, 0.15) is 11.6 Å². The Bertz CT molecular complexity index is 1190. The molecular formula is C25H28ClFN4O4. The quantitative estimate of drug-likeness (QED) is 0.290. The molecule has 0 saturated carbocycles. The van der Waals surface area contributed by atoms with Gasteiger partial charge in [0.25, 0.3) is 0 Å². The predicted octanol–water partition coefficient (Wildman–Crippen LogP) is 5.03. The van der Waals surface area contributed by atoms with Gasteiger partial charge >= 0.3 is 12.1 Å². The molecule has 0 aliphatic heterocycles. The monoisotopic (exact) mass is 502 g/mol. The molecular weight excluding hydrogens is 475 g/mol. The van der Waals surface area contributed by atoms with Gasteiger partial charge in [-0.2, -0.15) is 0 Å². The van der Waals surface area contributed by atoms with Crippen molar-refractivity contribution in [3.63, 3.8) is 0 Å². The van der Waals surface area contributed by atoms with E-state index in [9.17, 15) is 19.1 Å². The maximum atomic E-state index is 13.3. The number of fused-ring (bicyclic) bond motifs is 1. The summed E-state index contributed by atoms with van der Waals surface area (Å²) in [5.41, 5.74) is 1.54. The Morgan fingerprint density at radius 1 is 1.17 bits per heavy atom. The SMILES string of the molecule is CN(C(=O)NCc1ccc(F)cc1Cl)C(CCCCO)Cc1cccc2cnc(NC(=O)O)cc12. The maximum Gasteiger partial charge on any atom is 0.410 e. The number of aliphatic hydroxyl groups is 1. The predicted molar refractivity (Wildman–Crippen MR) is 133 cm³/mol. The highest BCUT2D eigenvalue weighted by Crippen LogP contribution is 2.25. The number of amides is 3. The van der Waals surface area contributed by atoms with E-state index in [0.29, 0.717) is 24.8 Å². The fraction of sp³-hybridized carbons (Fsp3) is 0.320. The second kappa shape index (κ2) is 12.3. The first-order valence-corrected chi connectivity index (χ1v) is 11.6. The second-order valence-electron chi connectivity index (χ2n) is 8.22. The smallest absolute Gasteiger partial charge is 0.410 e. The Labute approximate surface area is 207 Å². The number of aromatic nitrogens is 1. The Morgan fingerprint density at radius 2 is 1.97 bits per heavy atom. The summed E-state index contributed by atoms with van der Waals surface area (Å²) in [5.74, 6) is -0.227. The number of anilines is 1. The molecule has 186 valence electrons. The first kappa shape index (κ1) is 26.2. The minimum Gasteiger partial charge on any atom is -0.465 e. The summed E-state index contributed by atoms with van der Waals surface area (Å²) < 4.78 is 13.3. The van der Waals surface area contributed by atoms with Crippen LogP contribution >= 0.6 is 11.6 Å². The fourth-order valence-electron chi connectivity index (χ4n) is 3.90. The number of rotatable bonds is 10. The van der Waals surface area contributed by atoms with E-state index in [1.807, 2.05) is 18.2 Å². The normalized spacial score (nSPS) is 11.8. The number of halogens is 2. The molecule has 10 heteroatoms. The van der Waals surface area contributed by atoms with Gasteiger partial charge in [-0.05, 0) is 60.4 Å². The molecule has 1 heterocycles. The molecule has 35 heavy (non-hydrogen) atoms. The minimum absolute atomic E-state index is 0.0653. The van der Waals surface area contributed by atoms with Crippen LogP contribution in [0.3, 0.4) is 0 Å². The summed E-state index contributed by atoms with van der Waals surface area (Å²) in [7, 11) is 1.70. The van der Waals surface area contributed by atoms with Crippen LogP contribution in [0.25, 0.3) is 10.8 Å². The van der Waals surface area contributed by atoms with Gasteiger partial charge in [0, 0.05) is 42.8 Å². The highest BCUT2D eigenvalue weighted by atomic mass is 35.5. The molecule has 3 amide bonds. The average molecular weight is 503 g/mol. The van der Waals surface area contributed by atoms with Crippen molar-refractivity contribution in [2.24, 2.45) is 0 Å². The molecule has 1 atom stereocenters. The Morgan fingerprint density at radius 3 is 2.69 bits per heavy atom. The first-order chi connectivity index (χ1) is 16.8. The summed E-state index contributed by atoms with van der Waals surface area (Å²) in [6.45, 7) is 0.214. The molecule has 4 N–H and O–H groups in total. The van der Waals surface area contributed by atoms with Crippen LogP contribution in [-0.4, -0.2) is 51.9 Å². The number of likely N-dealkylation sites (N-methyl/N-ethyl adjacent to an activating group) is 1. The number of aliphatic hydroxyl groups excluding tert-OH is 1. The lowest BCUT2D eigenvalue weighted by Crippen LogP contribution is -2.44. The second-order valence-corrected chi connectivity index (χ2v) is 8.63. The van der Waals surface area contributed by atoms with Crippen LogP contribution in [-0.2, 0) is 13.0 Å². The Kier molecular flexibility index (Phi) is 9.22. The lowest BCUT2D eigenvalue weighted by Gasteiger charge is -2.29. The molecule has 1 unspecified atom stereocenters. The first-order valence-electron chi connectivity index (χ1n) is 11.2. The number of unbranched alkanes of at least 4 members (excludes halogenated alkanes) is 1. The highest BCUT2D eigenvalue weighted by molar-refractivity contribution is 6.31. The number of pyridine rings is 1. The lowest BCUT2D eigenvalue weighted by molar-refractivity contribution is 0.183. The number of hydrogen-bond donors (Lipinski definition) is 4. The number of nitrogens with zero attached hydrogens (tertiary/aromatic N) is 2. The molecule has 3 rings (SSSR count). The maximum absolute atomic E-state index is 13.3. The summed E-state index contributed by atoms with van der Waals surface area (Å²) >= 11 is 6.07. The zero-order valence-corrected chi connectivity index (χ0v) is 20.1. The molecule has 0 saturated heterocycles. The third-order valence-corrected chi connectivity index (χ3v) is 6.16. The minimum atomic E-state index is -1.20. The van der Waals surface area contributed by atoms with Crippen LogP contribution in [0.2, 0.25) is 5.02 Å². The molecule has 0 radical (unpaired) electrons. The van der Waals surface area contributed by atoms with Crippen molar-refractivity contribution >= 4 is 40.3 Å². The number of benzene rings is 2. The van der Waals surface area contributed by atoms with E-state index in [0.717, 1.165) is 22.8 Å². The number of urea groups is 1. The van der Waals surface area contributed by atoms with Crippen LogP contribution < -0.4 is 10.6 Å². The number of nitrogens with one attached hydrogen (secondary N) is 2. The van der Waals surface area contributed by atoms with Crippen LogP contribution in [0.15, 0.2) is 48.7 Å². The van der Waals surface area contributed by atoms with Gasteiger partial charge < -0.3 is 20.4 Å². The molecule has 0 aliphatic carbocycles. The molecule has 0 fully saturated rings. The van der Waals surface area contributed by atoms with Crippen LogP contribution in [0.5, 0.6) is 0 Å². The van der Waals surface area contributed by atoms with Gasteiger partial charge in [0.15, 0.2) is 0 Å². The van der Waals surface area contributed by atoms with Crippen LogP contribution in [0, 0.1) is 5.82 Å². The molecule has 2 aromatic carbocycles. The van der Waals surface area contributed by atoms with E-state index in [1.54, 1.807) is 24.2 Å². The van der Waals surface area contributed by atoms with Crippen molar-refractivity contribution in [1.29, 1.82) is 0 Å². The molecule has 0 aliphatic rings. The van der Waals surface area contributed by atoms with Gasteiger partial charge in [-0.3, -0.25) is 5.32 Å². The van der Waals surface area contributed by atoms with Crippen molar-refractivity contribution in [3.05, 3.63) is 70.6 Å². The molecule has 1 aromatic heterocycles. The number of carbonyl (C=O) groups excluding carboxylic acids is 1. The van der Waals surface area contributed by atoms with E-state index in [2.05, 4.69) is 15.6 Å². The van der Waals surface area contributed by atoms with E-state index < -0.39 is 11.9 Å². The van der Waals surface area contributed by atoms with Crippen molar-refractivity contribution in [3.8, 4) is 0 Å². The Hall–Kier alpha value is -3.43. The van der Waals surface area contributed by atoms with Gasteiger partial charge in [-0.15, -0.1) is 0 Å². The summed E-state index contributed by atoms with van der Waals surface area (Å²) in [6.07, 6.45) is 2.91. The van der Waals surface area contributed by atoms with E-state index in [1.165, 1.54) is 18.2 Å². The largest absolute Gasteiger partial charge is 0.465 e. The zero-order chi connectivity index (χ0) is 25.4. The van der Waals surface area contributed by atoms with Gasteiger partial charge in [-0.1, -0.05) is 35.9 Å². The van der Waals surface area contributed by atoms with Crippen LogP contribution in [0.1, 0.15) is 30.4 Å². The topological polar surface area (TPSA) is 115 Å². The average Bonchev–Trinajstić information content (AvgIpc) is 2.82. The molecule has 3 aromatic rings. The van der Waals surface area contributed by atoms with Crippen molar-refractivity contribution in [1.82, 2.24) is 15.2 Å². The van der Waals surface area contributed by atoms with Crippen LogP contribution in [0.4, 0.5) is 19.8 Å². The summed E-state index contributed by atoms with van der Waals surface area (Å²) in [4.78, 5) is 29.7. The molecule has 0 spiro atoms. The molecule has 0 bridgehead atoms. The van der Waals surface area contributed by atoms with Gasteiger partial charge in [-0.25, -0.2) is 19.0 Å². The lowest BCUT2D eigenvalue weighted by atomic mass is 9.96. The van der Waals surface area contributed by atoms with Crippen molar-refractivity contribution in [2.75, 3.05) is 19.0 Å². The molecule has 8 nitrogen and oxygen atoms in total. The third kappa shape index (κ3) is 7.27. The van der Waals surface area contributed by atoms with E-state index >= 15 is 0 Å². The number of hydrogen-bond acceptors (Lipinski definition) is 4. The number of carbonyl (C=O) groups is 2. The Balaban J connectivity index is 1.79. The van der Waals surface area contributed by atoms with Gasteiger partial charge in [0.05, 0.1) is 0 Å². The number of carboxylic acid groups (broad SMARTS) is 1. The van der Waals surface area contributed by atoms with Gasteiger partial charge in [0.2, 0.25) is 0 Å².